The van der Waals surface area contributed by atoms with Gasteiger partial charge in [-0.15, -0.1) is 0 Å². The van der Waals surface area contributed by atoms with Crippen LogP contribution in [-0.4, -0.2) is 12.5 Å². The maximum atomic E-state index is 5.20. The van der Waals surface area contributed by atoms with Crippen molar-refractivity contribution in [3.05, 3.63) is 0 Å². The standard InChI is InChI=1S/C10H23N3/c1-2-3-4-5-6-7-8-9-13-10(11)12/h2-9H2,1H3,(H4,11,12,13). The van der Waals surface area contributed by atoms with E-state index < -0.39 is 0 Å². The molecule has 3 heteroatoms. The van der Waals surface area contributed by atoms with Crippen LogP contribution in [-0.2, 0) is 0 Å². The Bertz CT molecular complexity index is 128. The SMILES string of the molecule is CCCCCCCCCN=C(N)N. The zero-order chi connectivity index (χ0) is 9.94. The molecule has 0 atom stereocenters. The third-order valence-electron chi connectivity index (χ3n) is 2.06. The molecule has 0 aromatic carbocycles. The summed E-state index contributed by atoms with van der Waals surface area (Å²) in [6.45, 7) is 3.02. The molecular formula is C10H23N3. The quantitative estimate of drug-likeness (QED) is 0.345. The van der Waals surface area contributed by atoms with Gasteiger partial charge in [-0.3, -0.25) is 4.99 Å². The lowest BCUT2D eigenvalue weighted by Gasteiger charge is -1.98. The summed E-state index contributed by atoms with van der Waals surface area (Å²) < 4.78 is 0. The summed E-state index contributed by atoms with van der Waals surface area (Å²) in [7, 11) is 0. The van der Waals surface area contributed by atoms with Crippen molar-refractivity contribution in [2.24, 2.45) is 16.5 Å². The Morgan fingerprint density at radius 3 is 2.00 bits per heavy atom. The molecular weight excluding hydrogens is 162 g/mol. The average Bonchev–Trinajstić information content (AvgIpc) is 2.09. The fourth-order valence-corrected chi connectivity index (χ4v) is 1.28. The Morgan fingerprint density at radius 2 is 1.46 bits per heavy atom. The number of unbranched alkanes of at least 4 members (excludes halogenated alkanes) is 6. The molecule has 0 aromatic rings. The number of hydrogen-bond donors (Lipinski definition) is 2. The molecule has 0 fully saturated rings. The van der Waals surface area contributed by atoms with Crippen molar-refractivity contribution in [2.45, 2.75) is 51.9 Å². The maximum absolute atomic E-state index is 5.20. The second-order valence-corrected chi connectivity index (χ2v) is 3.43. The lowest BCUT2D eigenvalue weighted by atomic mass is 10.1. The van der Waals surface area contributed by atoms with Gasteiger partial charge in [-0.2, -0.15) is 0 Å². The topological polar surface area (TPSA) is 64.4 Å². The summed E-state index contributed by atoms with van der Waals surface area (Å²) in [5.41, 5.74) is 10.4. The molecule has 0 aliphatic heterocycles. The van der Waals surface area contributed by atoms with Gasteiger partial charge in [0.1, 0.15) is 0 Å². The summed E-state index contributed by atoms with van der Waals surface area (Å²) >= 11 is 0. The largest absolute Gasteiger partial charge is 0.370 e. The van der Waals surface area contributed by atoms with Gasteiger partial charge in [0.2, 0.25) is 0 Å². The number of nitrogens with zero attached hydrogens (tertiary/aromatic N) is 1. The van der Waals surface area contributed by atoms with E-state index in [0.29, 0.717) is 0 Å². The summed E-state index contributed by atoms with van der Waals surface area (Å²) in [6, 6.07) is 0. The highest BCUT2D eigenvalue weighted by Crippen LogP contribution is 2.06. The highest BCUT2D eigenvalue weighted by molar-refractivity contribution is 5.75. The third kappa shape index (κ3) is 11.3. The second-order valence-electron chi connectivity index (χ2n) is 3.43. The highest BCUT2D eigenvalue weighted by atomic mass is 15.0. The number of guanidine groups is 1. The zero-order valence-electron chi connectivity index (χ0n) is 8.76. The summed E-state index contributed by atoms with van der Waals surface area (Å²) in [5.74, 6) is 0.214. The van der Waals surface area contributed by atoms with E-state index in [-0.39, 0.29) is 5.96 Å². The lowest BCUT2D eigenvalue weighted by Crippen LogP contribution is -2.22. The predicted molar refractivity (Wildman–Crippen MR) is 58.7 cm³/mol. The normalized spacial score (nSPS) is 9.92. The molecule has 0 amide bonds. The first kappa shape index (κ1) is 12.3. The monoisotopic (exact) mass is 185 g/mol. The van der Waals surface area contributed by atoms with E-state index in [1.54, 1.807) is 0 Å². The van der Waals surface area contributed by atoms with Crippen LogP contribution in [0.4, 0.5) is 0 Å². The number of rotatable bonds is 8. The maximum Gasteiger partial charge on any atom is 0.185 e. The van der Waals surface area contributed by atoms with Crippen LogP contribution in [0.2, 0.25) is 0 Å². The van der Waals surface area contributed by atoms with E-state index in [4.69, 9.17) is 11.5 Å². The van der Waals surface area contributed by atoms with E-state index in [2.05, 4.69) is 11.9 Å². The minimum atomic E-state index is 0.214. The van der Waals surface area contributed by atoms with Crippen LogP contribution < -0.4 is 11.5 Å². The van der Waals surface area contributed by atoms with Crippen LogP contribution in [0.5, 0.6) is 0 Å². The molecule has 0 saturated heterocycles. The Morgan fingerprint density at radius 1 is 0.923 bits per heavy atom. The Hall–Kier alpha value is -0.730. The van der Waals surface area contributed by atoms with E-state index in [1.165, 1.54) is 38.5 Å². The molecule has 0 heterocycles. The van der Waals surface area contributed by atoms with Crippen LogP contribution in [0.25, 0.3) is 0 Å². The van der Waals surface area contributed by atoms with Crippen molar-refractivity contribution in [3.8, 4) is 0 Å². The minimum absolute atomic E-state index is 0.214. The van der Waals surface area contributed by atoms with Gasteiger partial charge < -0.3 is 11.5 Å². The molecule has 0 unspecified atom stereocenters. The van der Waals surface area contributed by atoms with Gasteiger partial charge in [-0.1, -0.05) is 45.4 Å². The van der Waals surface area contributed by atoms with Crippen LogP contribution in [0.1, 0.15) is 51.9 Å². The molecule has 0 saturated carbocycles. The third-order valence-corrected chi connectivity index (χ3v) is 2.06. The van der Waals surface area contributed by atoms with Crippen LogP contribution >= 0.6 is 0 Å². The number of nitrogens with two attached hydrogens (primary N) is 2. The first-order valence-electron chi connectivity index (χ1n) is 5.32. The van der Waals surface area contributed by atoms with E-state index in [0.717, 1.165) is 13.0 Å². The zero-order valence-corrected chi connectivity index (χ0v) is 8.76. The molecule has 0 radical (unpaired) electrons. The molecule has 78 valence electrons. The lowest BCUT2D eigenvalue weighted by molar-refractivity contribution is 0.593. The van der Waals surface area contributed by atoms with Crippen molar-refractivity contribution in [3.63, 3.8) is 0 Å². The Labute approximate surface area is 81.6 Å². The predicted octanol–water partition coefficient (Wildman–Crippen LogP) is 2.01. The molecule has 3 nitrogen and oxygen atoms in total. The van der Waals surface area contributed by atoms with Crippen molar-refractivity contribution in [2.75, 3.05) is 6.54 Å². The van der Waals surface area contributed by atoms with Gasteiger partial charge in [0, 0.05) is 6.54 Å². The van der Waals surface area contributed by atoms with Crippen molar-refractivity contribution < 1.29 is 0 Å². The van der Waals surface area contributed by atoms with Gasteiger partial charge in [-0.05, 0) is 6.42 Å². The second kappa shape index (κ2) is 9.36. The van der Waals surface area contributed by atoms with Gasteiger partial charge in [0.25, 0.3) is 0 Å². The van der Waals surface area contributed by atoms with Crippen LogP contribution in [0, 0.1) is 0 Å². The molecule has 0 aromatic heterocycles. The fraction of sp³-hybridized carbons (Fsp3) is 0.900. The smallest absolute Gasteiger partial charge is 0.185 e. The van der Waals surface area contributed by atoms with Gasteiger partial charge in [0.15, 0.2) is 5.96 Å². The first-order valence-corrected chi connectivity index (χ1v) is 5.32. The van der Waals surface area contributed by atoms with Gasteiger partial charge in [-0.25, -0.2) is 0 Å². The molecule has 0 aliphatic carbocycles. The number of aliphatic imine (C=N–C) groups is 1. The van der Waals surface area contributed by atoms with E-state index in [1.807, 2.05) is 0 Å². The Kier molecular flexibility index (Phi) is 8.83. The van der Waals surface area contributed by atoms with E-state index >= 15 is 0 Å². The fourth-order valence-electron chi connectivity index (χ4n) is 1.28. The van der Waals surface area contributed by atoms with Crippen LogP contribution in [0.15, 0.2) is 4.99 Å². The molecule has 0 spiro atoms. The molecule has 0 bridgehead atoms. The van der Waals surface area contributed by atoms with Crippen LogP contribution in [0.3, 0.4) is 0 Å². The van der Waals surface area contributed by atoms with Crippen molar-refractivity contribution in [1.29, 1.82) is 0 Å². The summed E-state index contributed by atoms with van der Waals surface area (Å²) in [5, 5.41) is 0. The number of hydrogen-bond acceptors (Lipinski definition) is 1. The first-order chi connectivity index (χ1) is 6.27. The molecule has 0 rings (SSSR count). The molecule has 4 N–H and O–H groups in total. The Balaban J connectivity index is 2.96. The average molecular weight is 185 g/mol. The summed E-state index contributed by atoms with van der Waals surface area (Å²) in [6.07, 6.45) is 9.10. The summed E-state index contributed by atoms with van der Waals surface area (Å²) in [4.78, 5) is 3.93. The minimum Gasteiger partial charge on any atom is -0.370 e. The highest BCUT2D eigenvalue weighted by Gasteiger charge is 1.89. The molecule has 13 heavy (non-hydrogen) atoms. The molecule has 0 aliphatic rings. The van der Waals surface area contributed by atoms with Gasteiger partial charge >= 0.3 is 0 Å². The van der Waals surface area contributed by atoms with Crippen molar-refractivity contribution >= 4 is 5.96 Å². The van der Waals surface area contributed by atoms with Gasteiger partial charge in [0.05, 0.1) is 0 Å². The van der Waals surface area contributed by atoms with Crippen molar-refractivity contribution in [1.82, 2.24) is 0 Å². The van der Waals surface area contributed by atoms with E-state index in [9.17, 15) is 0 Å².